The Morgan fingerprint density at radius 2 is 2.00 bits per heavy atom. The van der Waals surface area contributed by atoms with E-state index < -0.39 is 6.04 Å². The minimum absolute atomic E-state index is 0.141. The molecule has 5 nitrogen and oxygen atoms in total. The number of hydrogen-bond acceptors (Lipinski definition) is 3. The molecule has 0 saturated heterocycles. The SMILES string of the molecule is O=C(CCCc1c[nH]c2ccccc12)NC(CO)CO. The van der Waals surface area contributed by atoms with Gasteiger partial charge in [0.2, 0.25) is 5.91 Å². The first kappa shape index (κ1) is 14.6. The molecule has 0 saturated carbocycles. The van der Waals surface area contributed by atoms with Crippen molar-refractivity contribution in [3.8, 4) is 0 Å². The zero-order valence-electron chi connectivity index (χ0n) is 11.3. The first-order valence-corrected chi connectivity index (χ1v) is 6.80. The molecule has 1 aromatic heterocycles. The van der Waals surface area contributed by atoms with E-state index in [9.17, 15) is 4.79 Å². The van der Waals surface area contributed by atoms with Gasteiger partial charge in [-0.15, -0.1) is 0 Å². The van der Waals surface area contributed by atoms with Crippen LogP contribution in [0.5, 0.6) is 0 Å². The Kier molecular flexibility index (Phi) is 5.15. The molecular weight excluding hydrogens is 256 g/mol. The van der Waals surface area contributed by atoms with Crippen LogP contribution in [0.2, 0.25) is 0 Å². The quantitative estimate of drug-likeness (QED) is 0.607. The minimum Gasteiger partial charge on any atom is -0.394 e. The fourth-order valence-corrected chi connectivity index (χ4v) is 2.23. The monoisotopic (exact) mass is 276 g/mol. The Morgan fingerprint density at radius 1 is 1.25 bits per heavy atom. The van der Waals surface area contributed by atoms with E-state index in [0.717, 1.165) is 18.4 Å². The Hall–Kier alpha value is -1.85. The average molecular weight is 276 g/mol. The third-order valence-electron chi connectivity index (χ3n) is 3.33. The highest BCUT2D eigenvalue weighted by molar-refractivity contribution is 5.83. The standard InChI is InChI=1S/C15H20N2O3/c18-9-12(10-19)17-15(20)7-3-4-11-8-16-14-6-2-1-5-13(11)14/h1-2,5-6,8,12,16,18-19H,3-4,7,9-10H2,(H,17,20). The van der Waals surface area contributed by atoms with E-state index >= 15 is 0 Å². The molecule has 0 fully saturated rings. The number of rotatable bonds is 7. The lowest BCUT2D eigenvalue weighted by Crippen LogP contribution is -2.39. The lowest BCUT2D eigenvalue weighted by molar-refractivity contribution is -0.122. The molecule has 5 heteroatoms. The number of para-hydroxylation sites is 1. The van der Waals surface area contributed by atoms with Crippen molar-refractivity contribution in [3.05, 3.63) is 36.0 Å². The van der Waals surface area contributed by atoms with E-state index in [2.05, 4.69) is 16.4 Å². The van der Waals surface area contributed by atoms with Crippen LogP contribution in [0.25, 0.3) is 10.9 Å². The zero-order valence-corrected chi connectivity index (χ0v) is 11.3. The van der Waals surface area contributed by atoms with Gasteiger partial charge in [0.25, 0.3) is 0 Å². The number of aromatic nitrogens is 1. The molecule has 0 radical (unpaired) electrons. The van der Waals surface area contributed by atoms with Crippen LogP contribution in [-0.2, 0) is 11.2 Å². The highest BCUT2D eigenvalue weighted by atomic mass is 16.3. The van der Waals surface area contributed by atoms with Gasteiger partial charge in [0.15, 0.2) is 0 Å². The molecule has 0 aliphatic heterocycles. The van der Waals surface area contributed by atoms with E-state index in [1.165, 1.54) is 10.9 Å². The molecule has 0 aliphatic rings. The molecule has 108 valence electrons. The summed E-state index contributed by atoms with van der Waals surface area (Å²) >= 11 is 0. The number of aryl methyl sites for hydroxylation is 1. The number of aromatic amines is 1. The van der Waals surface area contributed by atoms with E-state index in [4.69, 9.17) is 10.2 Å². The summed E-state index contributed by atoms with van der Waals surface area (Å²) in [5.74, 6) is -0.141. The summed E-state index contributed by atoms with van der Waals surface area (Å²) in [6.45, 7) is -0.491. The molecule has 0 unspecified atom stereocenters. The number of benzene rings is 1. The summed E-state index contributed by atoms with van der Waals surface area (Å²) in [6, 6.07) is 7.52. The van der Waals surface area contributed by atoms with E-state index in [1.807, 2.05) is 24.4 Å². The van der Waals surface area contributed by atoms with Crippen LogP contribution in [0, 0.1) is 0 Å². The summed E-state index contributed by atoms with van der Waals surface area (Å²) in [6.07, 6.45) is 3.92. The summed E-state index contributed by atoms with van der Waals surface area (Å²) in [5, 5.41) is 21.6. The molecule has 1 aromatic carbocycles. The number of carbonyl (C=O) groups excluding carboxylic acids is 1. The van der Waals surface area contributed by atoms with Crippen molar-refractivity contribution < 1.29 is 15.0 Å². The smallest absolute Gasteiger partial charge is 0.220 e. The van der Waals surface area contributed by atoms with Crippen LogP contribution in [0.4, 0.5) is 0 Å². The predicted molar refractivity (Wildman–Crippen MR) is 77.3 cm³/mol. The van der Waals surface area contributed by atoms with Crippen LogP contribution < -0.4 is 5.32 Å². The van der Waals surface area contributed by atoms with Gasteiger partial charge in [-0.3, -0.25) is 4.79 Å². The number of H-pyrrole nitrogens is 1. The predicted octanol–water partition coefficient (Wildman–Crippen LogP) is 0.960. The van der Waals surface area contributed by atoms with Gasteiger partial charge in [0.1, 0.15) is 0 Å². The lowest BCUT2D eigenvalue weighted by Gasteiger charge is -2.12. The van der Waals surface area contributed by atoms with Gasteiger partial charge < -0.3 is 20.5 Å². The van der Waals surface area contributed by atoms with Crippen LogP contribution in [0.15, 0.2) is 30.5 Å². The van der Waals surface area contributed by atoms with Crippen molar-refractivity contribution in [2.45, 2.75) is 25.3 Å². The zero-order chi connectivity index (χ0) is 14.4. The van der Waals surface area contributed by atoms with Crippen LogP contribution in [0.1, 0.15) is 18.4 Å². The molecule has 0 spiro atoms. The van der Waals surface area contributed by atoms with E-state index in [-0.39, 0.29) is 19.1 Å². The minimum atomic E-state index is -0.560. The number of amides is 1. The lowest BCUT2D eigenvalue weighted by atomic mass is 10.1. The topological polar surface area (TPSA) is 85.4 Å². The number of aliphatic hydroxyl groups excluding tert-OH is 2. The molecule has 0 aliphatic carbocycles. The van der Waals surface area contributed by atoms with Gasteiger partial charge in [-0.1, -0.05) is 18.2 Å². The van der Waals surface area contributed by atoms with Gasteiger partial charge in [-0.2, -0.15) is 0 Å². The fourth-order valence-electron chi connectivity index (χ4n) is 2.23. The van der Waals surface area contributed by atoms with Crippen molar-refractivity contribution in [1.29, 1.82) is 0 Å². The van der Waals surface area contributed by atoms with Crippen LogP contribution in [0.3, 0.4) is 0 Å². The Morgan fingerprint density at radius 3 is 2.75 bits per heavy atom. The van der Waals surface area contributed by atoms with Gasteiger partial charge in [0.05, 0.1) is 19.3 Å². The Balaban J connectivity index is 1.82. The molecule has 4 N–H and O–H groups in total. The number of hydrogen-bond donors (Lipinski definition) is 4. The molecule has 1 heterocycles. The highest BCUT2D eigenvalue weighted by Crippen LogP contribution is 2.19. The normalized spacial score (nSPS) is 11.2. The Labute approximate surface area is 117 Å². The molecule has 1 amide bonds. The van der Waals surface area contributed by atoms with Crippen molar-refractivity contribution in [1.82, 2.24) is 10.3 Å². The second kappa shape index (κ2) is 7.07. The maximum atomic E-state index is 11.6. The summed E-state index contributed by atoms with van der Waals surface area (Å²) in [7, 11) is 0. The van der Waals surface area contributed by atoms with Crippen LogP contribution in [-0.4, -0.2) is 40.4 Å². The Bertz CT molecular complexity index is 561. The van der Waals surface area contributed by atoms with Gasteiger partial charge in [-0.05, 0) is 24.5 Å². The number of fused-ring (bicyclic) bond motifs is 1. The van der Waals surface area contributed by atoms with Crippen molar-refractivity contribution in [2.75, 3.05) is 13.2 Å². The maximum absolute atomic E-state index is 11.6. The maximum Gasteiger partial charge on any atom is 0.220 e. The molecule has 2 rings (SSSR count). The first-order valence-electron chi connectivity index (χ1n) is 6.80. The third-order valence-corrected chi connectivity index (χ3v) is 3.33. The van der Waals surface area contributed by atoms with Crippen molar-refractivity contribution in [3.63, 3.8) is 0 Å². The summed E-state index contributed by atoms with van der Waals surface area (Å²) in [5.41, 5.74) is 2.31. The largest absolute Gasteiger partial charge is 0.394 e. The average Bonchev–Trinajstić information content (AvgIpc) is 2.88. The highest BCUT2D eigenvalue weighted by Gasteiger charge is 2.10. The summed E-state index contributed by atoms with van der Waals surface area (Å²) in [4.78, 5) is 14.8. The molecule has 0 bridgehead atoms. The van der Waals surface area contributed by atoms with E-state index in [0.29, 0.717) is 6.42 Å². The molecule has 2 aromatic rings. The van der Waals surface area contributed by atoms with Crippen molar-refractivity contribution in [2.24, 2.45) is 0 Å². The fraction of sp³-hybridized carbons (Fsp3) is 0.400. The number of carbonyl (C=O) groups is 1. The number of nitrogens with one attached hydrogen (secondary N) is 2. The first-order chi connectivity index (χ1) is 9.74. The second-order valence-electron chi connectivity index (χ2n) is 4.84. The summed E-state index contributed by atoms with van der Waals surface area (Å²) < 4.78 is 0. The van der Waals surface area contributed by atoms with Gasteiger partial charge >= 0.3 is 0 Å². The molecule has 20 heavy (non-hydrogen) atoms. The number of aliphatic hydroxyl groups is 2. The van der Waals surface area contributed by atoms with Crippen LogP contribution >= 0.6 is 0 Å². The third kappa shape index (κ3) is 3.59. The van der Waals surface area contributed by atoms with Crippen molar-refractivity contribution >= 4 is 16.8 Å². The molecule has 0 atom stereocenters. The van der Waals surface area contributed by atoms with Gasteiger partial charge in [-0.25, -0.2) is 0 Å². The van der Waals surface area contributed by atoms with E-state index in [1.54, 1.807) is 0 Å². The molecular formula is C15H20N2O3. The second-order valence-corrected chi connectivity index (χ2v) is 4.84. The van der Waals surface area contributed by atoms with Gasteiger partial charge in [0, 0.05) is 23.5 Å².